The molecule has 3 aromatic carbocycles. The van der Waals surface area contributed by atoms with Crippen molar-refractivity contribution in [2.45, 2.75) is 6.92 Å². The van der Waals surface area contributed by atoms with Gasteiger partial charge in [-0.1, -0.05) is 48.0 Å². The van der Waals surface area contributed by atoms with E-state index < -0.39 is 5.63 Å². The van der Waals surface area contributed by atoms with Gasteiger partial charge in [-0.25, -0.2) is 4.79 Å². The predicted octanol–water partition coefficient (Wildman–Crippen LogP) is 4.79. The Morgan fingerprint density at radius 1 is 0.966 bits per heavy atom. The van der Waals surface area contributed by atoms with Crippen LogP contribution in [0.5, 0.6) is 5.75 Å². The largest absolute Gasteiger partial charge is 0.484 e. The van der Waals surface area contributed by atoms with Crippen LogP contribution in [-0.2, 0) is 4.79 Å². The fourth-order valence-corrected chi connectivity index (χ4v) is 2.98. The van der Waals surface area contributed by atoms with Crippen LogP contribution in [0.2, 0.25) is 0 Å². The van der Waals surface area contributed by atoms with Crippen molar-refractivity contribution in [2.24, 2.45) is 0 Å². The minimum atomic E-state index is -0.396. The van der Waals surface area contributed by atoms with Crippen molar-refractivity contribution in [1.82, 2.24) is 0 Å². The summed E-state index contributed by atoms with van der Waals surface area (Å²) in [6.07, 6.45) is 0. The molecule has 0 spiro atoms. The molecule has 1 amide bonds. The first-order valence-electron chi connectivity index (χ1n) is 9.21. The van der Waals surface area contributed by atoms with E-state index in [-0.39, 0.29) is 12.5 Å². The van der Waals surface area contributed by atoms with Crippen molar-refractivity contribution in [1.29, 1.82) is 0 Å². The third kappa shape index (κ3) is 4.35. The van der Waals surface area contributed by atoms with Gasteiger partial charge in [0.15, 0.2) is 6.61 Å². The topological polar surface area (TPSA) is 68.5 Å². The lowest BCUT2D eigenvalue weighted by atomic mass is 10.1. The first kappa shape index (κ1) is 18.5. The quantitative estimate of drug-likeness (QED) is 0.502. The minimum absolute atomic E-state index is 0.0843. The van der Waals surface area contributed by atoms with Gasteiger partial charge in [-0.05, 0) is 48.9 Å². The average molecular weight is 385 g/mol. The summed E-state index contributed by atoms with van der Waals surface area (Å²) < 4.78 is 10.9. The number of carbonyl (C=O) groups excluding carboxylic acids is 1. The van der Waals surface area contributed by atoms with E-state index in [0.717, 1.165) is 16.5 Å². The van der Waals surface area contributed by atoms with Gasteiger partial charge in [0.2, 0.25) is 0 Å². The number of anilines is 1. The molecule has 1 heterocycles. The van der Waals surface area contributed by atoms with Crippen LogP contribution in [0.15, 0.2) is 88.1 Å². The average Bonchev–Trinajstić information content (AvgIpc) is 2.73. The Kier molecular flexibility index (Phi) is 5.12. The summed E-state index contributed by atoms with van der Waals surface area (Å²) in [5.74, 6) is 0.382. The van der Waals surface area contributed by atoms with Crippen LogP contribution in [0, 0.1) is 6.92 Å². The molecule has 0 saturated heterocycles. The number of para-hydroxylation sites is 1. The van der Waals surface area contributed by atoms with Gasteiger partial charge >= 0.3 is 5.63 Å². The number of nitrogens with one attached hydrogen (secondary N) is 1. The Balaban J connectivity index is 1.44. The molecule has 0 bridgehead atoms. The maximum absolute atomic E-state index is 12.3. The van der Waals surface area contributed by atoms with E-state index in [2.05, 4.69) is 5.32 Å². The Labute approximate surface area is 167 Å². The van der Waals surface area contributed by atoms with Crippen LogP contribution in [-0.4, -0.2) is 12.5 Å². The smallest absolute Gasteiger partial charge is 0.344 e. The number of ether oxygens (including phenoxy) is 1. The van der Waals surface area contributed by atoms with E-state index in [1.54, 1.807) is 30.3 Å². The van der Waals surface area contributed by atoms with Gasteiger partial charge in [0, 0.05) is 11.1 Å². The summed E-state index contributed by atoms with van der Waals surface area (Å²) in [7, 11) is 0. The highest BCUT2D eigenvalue weighted by atomic mass is 16.5. The van der Waals surface area contributed by atoms with Crippen LogP contribution < -0.4 is 15.7 Å². The molecular formula is C24H19NO4. The Bertz CT molecular complexity index is 1210. The number of carbonyl (C=O) groups is 1. The van der Waals surface area contributed by atoms with Crippen LogP contribution in [0.3, 0.4) is 0 Å². The Hall–Kier alpha value is -3.86. The zero-order valence-corrected chi connectivity index (χ0v) is 15.8. The molecule has 4 rings (SSSR count). The second kappa shape index (κ2) is 8.02. The molecule has 0 fully saturated rings. The lowest BCUT2D eigenvalue weighted by molar-refractivity contribution is -0.118. The summed E-state index contributed by atoms with van der Waals surface area (Å²) in [5, 5.41) is 3.64. The van der Waals surface area contributed by atoms with E-state index in [0.29, 0.717) is 22.6 Å². The number of hydrogen-bond donors (Lipinski definition) is 1. The number of aryl methyl sites for hydroxylation is 1. The van der Waals surface area contributed by atoms with Crippen molar-refractivity contribution in [2.75, 3.05) is 11.9 Å². The summed E-state index contributed by atoms with van der Waals surface area (Å²) in [6, 6.07) is 23.7. The molecule has 0 saturated carbocycles. The van der Waals surface area contributed by atoms with Crippen molar-refractivity contribution < 1.29 is 13.9 Å². The highest BCUT2D eigenvalue weighted by molar-refractivity contribution is 5.92. The van der Waals surface area contributed by atoms with Gasteiger partial charge < -0.3 is 14.5 Å². The fraction of sp³-hybridized carbons (Fsp3) is 0.0833. The van der Waals surface area contributed by atoms with E-state index in [1.165, 1.54) is 0 Å². The zero-order valence-electron chi connectivity index (χ0n) is 15.8. The SMILES string of the molecule is Cc1ccc(OCC(=O)Nc2ccc(-c3cc4ccccc4oc3=O)cc2)cc1. The molecule has 5 nitrogen and oxygen atoms in total. The highest BCUT2D eigenvalue weighted by Gasteiger charge is 2.09. The van der Waals surface area contributed by atoms with E-state index in [4.69, 9.17) is 9.15 Å². The number of amides is 1. The second-order valence-electron chi connectivity index (χ2n) is 6.71. The molecule has 1 aromatic heterocycles. The molecule has 0 aliphatic carbocycles. The summed E-state index contributed by atoms with van der Waals surface area (Å²) in [5.41, 5.74) is 3.10. The molecule has 0 atom stereocenters. The third-order valence-corrected chi connectivity index (χ3v) is 4.51. The molecule has 0 radical (unpaired) electrons. The van der Waals surface area contributed by atoms with Crippen LogP contribution in [0.25, 0.3) is 22.1 Å². The van der Waals surface area contributed by atoms with Crippen LogP contribution in [0.1, 0.15) is 5.56 Å². The maximum Gasteiger partial charge on any atom is 0.344 e. The molecule has 0 aliphatic rings. The Morgan fingerprint density at radius 3 is 2.45 bits per heavy atom. The monoisotopic (exact) mass is 385 g/mol. The molecule has 5 heteroatoms. The summed E-state index contributed by atoms with van der Waals surface area (Å²) in [6.45, 7) is 1.90. The van der Waals surface area contributed by atoms with E-state index in [1.807, 2.05) is 55.5 Å². The number of fused-ring (bicyclic) bond motifs is 1. The minimum Gasteiger partial charge on any atom is -0.484 e. The Morgan fingerprint density at radius 2 is 1.69 bits per heavy atom. The zero-order chi connectivity index (χ0) is 20.2. The molecule has 1 N–H and O–H groups in total. The van der Waals surface area contributed by atoms with Gasteiger partial charge in [-0.2, -0.15) is 0 Å². The third-order valence-electron chi connectivity index (χ3n) is 4.51. The van der Waals surface area contributed by atoms with Gasteiger partial charge in [-0.3, -0.25) is 4.79 Å². The highest BCUT2D eigenvalue weighted by Crippen LogP contribution is 2.22. The van der Waals surface area contributed by atoms with Crippen molar-refractivity contribution in [3.63, 3.8) is 0 Å². The second-order valence-corrected chi connectivity index (χ2v) is 6.71. The maximum atomic E-state index is 12.3. The normalized spacial score (nSPS) is 10.7. The fourth-order valence-electron chi connectivity index (χ4n) is 2.98. The number of rotatable bonds is 5. The standard InChI is InChI=1S/C24H19NO4/c1-16-6-12-20(13-7-16)28-15-23(26)25-19-10-8-17(9-11-19)21-14-18-4-2-3-5-22(18)29-24(21)27/h2-14H,15H2,1H3,(H,25,26). The van der Waals surface area contributed by atoms with Crippen molar-refractivity contribution >= 4 is 22.6 Å². The summed E-state index contributed by atoms with van der Waals surface area (Å²) >= 11 is 0. The van der Waals surface area contributed by atoms with Crippen LogP contribution >= 0.6 is 0 Å². The molecule has 0 unspecified atom stereocenters. The molecule has 0 aliphatic heterocycles. The van der Waals surface area contributed by atoms with Gasteiger partial charge in [0.1, 0.15) is 11.3 Å². The van der Waals surface area contributed by atoms with Crippen molar-refractivity contribution in [3.05, 3.63) is 94.8 Å². The molecule has 29 heavy (non-hydrogen) atoms. The number of hydrogen-bond acceptors (Lipinski definition) is 4. The summed E-state index contributed by atoms with van der Waals surface area (Å²) in [4.78, 5) is 24.4. The predicted molar refractivity (Wildman–Crippen MR) is 113 cm³/mol. The number of benzene rings is 3. The van der Waals surface area contributed by atoms with Gasteiger partial charge in [-0.15, -0.1) is 0 Å². The first-order valence-corrected chi connectivity index (χ1v) is 9.21. The van der Waals surface area contributed by atoms with Crippen molar-refractivity contribution in [3.8, 4) is 16.9 Å². The van der Waals surface area contributed by atoms with E-state index in [9.17, 15) is 9.59 Å². The molecule has 144 valence electrons. The lowest BCUT2D eigenvalue weighted by Gasteiger charge is -2.08. The van der Waals surface area contributed by atoms with Gasteiger partial charge in [0.25, 0.3) is 5.91 Å². The van der Waals surface area contributed by atoms with Crippen LogP contribution in [0.4, 0.5) is 5.69 Å². The first-order chi connectivity index (χ1) is 14.1. The van der Waals surface area contributed by atoms with E-state index >= 15 is 0 Å². The van der Waals surface area contributed by atoms with Gasteiger partial charge in [0.05, 0.1) is 5.56 Å². The lowest BCUT2D eigenvalue weighted by Crippen LogP contribution is -2.20. The molecular weight excluding hydrogens is 366 g/mol. The molecule has 4 aromatic rings.